The second-order valence-corrected chi connectivity index (χ2v) is 4.35. The first-order valence-electron chi connectivity index (χ1n) is 5.38. The summed E-state index contributed by atoms with van der Waals surface area (Å²) in [7, 11) is 0. The molecule has 0 heterocycles. The normalized spacial score (nSPS) is 12.3. The SMILES string of the molecule is CCNC(C=C(C)C)c1ccc(F)cc1Cl. The van der Waals surface area contributed by atoms with Crippen molar-refractivity contribution >= 4 is 11.6 Å². The Morgan fingerprint density at radius 3 is 2.69 bits per heavy atom. The van der Waals surface area contributed by atoms with Crippen LogP contribution in [0.15, 0.2) is 29.8 Å². The Morgan fingerprint density at radius 2 is 2.19 bits per heavy atom. The van der Waals surface area contributed by atoms with Crippen LogP contribution in [0.1, 0.15) is 32.4 Å². The van der Waals surface area contributed by atoms with Crippen LogP contribution >= 0.6 is 11.6 Å². The van der Waals surface area contributed by atoms with Crippen LogP contribution in [0.5, 0.6) is 0 Å². The van der Waals surface area contributed by atoms with Gasteiger partial charge in [0.25, 0.3) is 0 Å². The largest absolute Gasteiger partial charge is 0.307 e. The second kappa shape index (κ2) is 6.02. The predicted octanol–water partition coefficient (Wildman–Crippen LogP) is 4.10. The number of benzene rings is 1. The molecule has 1 N–H and O–H groups in total. The molecule has 0 amide bonds. The van der Waals surface area contributed by atoms with E-state index >= 15 is 0 Å². The summed E-state index contributed by atoms with van der Waals surface area (Å²) in [5.41, 5.74) is 2.11. The van der Waals surface area contributed by atoms with Crippen LogP contribution in [0.4, 0.5) is 4.39 Å². The lowest BCUT2D eigenvalue weighted by molar-refractivity contribution is 0.619. The molecule has 0 saturated heterocycles. The van der Waals surface area contributed by atoms with E-state index in [0.29, 0.717) is 5.02 Å². The molecule has 1 aromatic rings. The molecule has 1 unspecified atom stereocenters. The van der Waals surface area contributed by atoms with Crippen molar-refractivity contribution in [2.45, 2.75) is 26.8 Å². The Kier molecular flexibility index (Phi) is 4.97. The molecule has 0 aromatic heterocycles. The third-order valence-electron chi connectivity index (χ3n) is 2.22. The maximum Gasteiger partial charge on any atom is 0.124 e. The Morgan fingerprint density at radius 1 is 1.50 bits per heavy atom. The fraction of sp³-hybridized carbons (Fsp3) is 0.385. The van der Waals surface area contributed by atoms with Crippen LogP contribution in [0, 0.1) is 5.82 Å². The third kappa shape index (κ3) is 3.62. The fourth-order valence-electron chi connectivity index (χ4n) is 1.57. The van der Waals surface area contributed by atoms with E-state index in [2.05, 4.69) is 11.4 Å². The quantitative estimate of drug-likeness (QED) is 0.783. The topological polar surface area (TPSA) is 12.0 Å². The maximum absolute atomic E-state index is 12.9. The fourth-order valence-corrected chi connectivity index (χ4v) is 1.85. The van der Waals surface area contributed by atoms with E-state index in [4.69, 9.17) is 11.6 Å². The van der Waals surface area contributed by atoms with E-state index in [1.807, 2.05) is 20.8 Å². The summed E-state index contributed by atoms with van der Waals surface area (Å²) in [5.74, 6) is -0.304. The van der Waals surface area contributed by atoms with Crippen LogP contribution in [0.3, 0.4) is 0 Å². The summed E-state index contributed by atoms with van der Waals surface area (Å²) in [6.07, 6.45) is 2.09. The number of rotatable bonds is 4. The molecule has 0 aliphatic heterocycles. The van der Waals surface area contributed by atoms with Gasteiger partial charge in [-0.05, 0) is 38.1 Å². The van der Waals surface area contributed by atoms with Gasteiger partial charge in [-0.15, -0.1) is 0 Å². The molecule has 0 aliphatic carbocycles. The van der Waals surface area contributed by atoms with E-state index in [-0.39, 0.29) is 11.9 Å². The smallest absolute Gasteiger partial charge is 0.124 e. The Balaban J connectivity index is 3.05. The first-order valence-corrected chi connectivity index (χ1v) is 5.75. The standard InChI is InChI=1S/C13H17ClFN/c1-4-16-13(7-9(2)3)11-6-5-10(15)8-12(11)14/h5-8,13,16H,4H2,1-3H3. The van der Waals surface area contributed by atoms with Gasteiger partial charge in [0.2, 0.25) is 0 Å². The number of hydrogen-bond acceptors (Lipinski definition) is 1. The zero-order valence-corrected chi connectivity index (χ0v) is 10.6. The zero-order valence-electron chi connectivity index (χ0n) is 9.85. The highest BCUT2D eigenvalue weighted by atomic mass is 35.5. The van der Waals surface area contributed by atoms with Gasteiger partial charge >= 0.3 is 0 Å². The monoisotopic (exact) mass is 241 g/mol. The molecular formula is C13H17ClFN. The highest BCUT2D eigenvalue weighted by Gasteiger charge is 2.11. The van der Waals surface area contributed by atoms with Crippen LogP contribution < -0.4 is 5.32 Å². The molecule has 88 valence electrons. The Hall–Kier alpha value is -0.860. The molecular weight excluding hydrogens is 225 g/mol. The van der Waals surface area contributed by atoms with Gasteiger partial charge in [0.15, 0.2) is 0 Å². The van der Waals surface area contributed by atoms with E-state index in [1.54, 1.807) is 6.07 Å². The van der Waals surface area contributed by atoms with Crippen molar-refractivity contribution in [2.75, 3.05) is 6.54 Å². The van der Waals surface area contributed by atoms with Gasteiger partial charge in [0.05, 0.1) is 6.04 Å². The van der Waals surface area contributed by atoms with Gasteiger partial charge in [-0.25, -0.2) is 4.39 Å². The van der Waals surface area contributed by atoms with Gasteiger partial charge < -0.3 is 5.32 Å². The van der Waals surface area contributed by atoms with Gasteiger partial charge in [-0.1, -0.05) is 36.2 Å². The summed E-state index contributed by atoms with van der Waals surface area (Å²) in [4.78, 5) is 0. The maximum atomic E-state index is 12.9. The van der Waals surface area contributed by atoms with Crippen LogP contribution in [-0.2, 0) is 0 Å². The van der Waals surface area contributed by atoms with Crippen molar-refractivity contribution in [1.29, 1.82) is 0 Å². The molecule has 0 radical (unpaired) electrons. The van der Waals surface area contributed by atoms with Gasteiger partial charge in [0.1, 0.15) is 5.82 Å². The summed E-state index contributed by atoms with van der Waals surface area (Å²) < 4.78 is 12.9. The van der Waals surface area contributed by atoms with Crippen molar-refractivity contribution < 1.29 is 4.39 Å². The van der Waals surface area contributed by atoms with E-state index in [1.165, 1.54) is 17.7 Å². The van der Waals surface area contributed by atoms with E-state index in [0.717, 1.165) is 12.1 Å². The molecule has 1 aromatic carbocycles. The lowest BCUT2D eigenvalue weighted by atomic mass is 10.0. The van der Waals surface area contributed by atoms with Gasteiger partial charge in [-0.2, -0.15) is 0 Å². The minimum absolute atomic E-state index is 0.0445. The molecule has 0 fully saturated rings. The molecule has 1 atom stereocenters. The van der Waals surface area contributed by atoms with Crippen LogP contribution in [-0.4, -0.2) is 6.54 Å². The van der Waals surface area contributed by atoms with E-state index in [9.17, 15) is 4.39 Å². The third-order valence-corrected chi connectivity index (χ3v) is 2.55. The van der Waals surface area contributed by atoms with Gasteiger partial charge in [0, 0.05) is 5.02 Å². The average Bonchev–Trinajstić information content (AvgIpc) is 2.16. The van der Waals surface area contributed by atoms with Crippen molar-refractivity contribution in [3.05, 3.63) is 46.3 Å². The first kappa shape index (κ1) is 13.2. The van der Waals surface area contributed by atoms with Crippen molar-refractivity contribution in [2.24, 2.45) is 0 Å². The number of nitrogens with one attached hydrogen (secondary N) is 1. The van der Waals surface area contributed by atoms with Crippen LogP contribution in [0.2, 0.25) is 5.02 Å². The number of allylic oxidation sites excluding steroid dienone is 1. The summed E-state index contributed by atoms with van der Waals surface area (Å²) in [5, 5.41) is 3.77. The lowest BCUT2D eigenvalue weighted by Crippen LogP contribution is -2.19. The number of likely N-dealkylation sites (N-methyl/N-ethyl adjacent to an activating group) is 1. The second-order valence-electron chi connectivity index (χ2n) is 3.95. The Labute approximate surface area is 101 Å². The minimum atomic E-state index is -0.304. The number of hydrogen-bond donors (Lipinski definition) is 1. The number of halogens is 2. The predicted molar refractivity (Wildman–Crippen MR) is 67.3 cm³/mol. The van der Waals surface area contributed by atoms with E-state index < -0.39 is 0 Å². The van der Waals surface area contributed by atoms with Crippen molar-refractivity contribution in [1.82, 2.24) is 5.32 Å². The van der Waals surface area contributed by atoms with Gasteiger partial charge in [-0.3, -0.25) is 0 Å². The zero-order chi connectivity index (χ0) is 12.1. The molecule has 0 aliphatic rings. The summed E-state index contributed by atoms with van der Waals surface area (Å²) in [6, 6.07) is 4.55. The van der Waals surface area contributed by atoms with Crippen molar-refractivity contribution in [3.63, 3.8) is 0 Å². The molecule has 3 heteroatoms. The molecule has 0 spiro atoms. The molecule has 0 bridgehead atoms. The lowest BCUT2D eigenvalue weighted by Gasteiger charge is -2.16. The highest BCUT2D eigenvalue weighted by molar-refractivity contribution is 6.31. The highest BCUT2D eigenvalue weighted by Crippen LogP contribution is 2.25. The average molecular weight is 242 g/mol. The van der Waals surface area contributed by atoms with Crippen molar-refractivity contribution in [3.8, 4) is 0 Å². The molecule has 1 nitrogen and oxygen atoms in total. The minimum Gasteiger partial charge on any atom is -0.307 e. The molecule has 0 saturated carbocycles. The first-order chi connectivity index (χ1) is 7.54. The molecule has 16 heavy (non-hydrogen) atoms. The van der Waals surface area contributed by atoms with Crippen LogP contribution in [0.25, 0.3) is 0 Å². The summed E-state index contributed by atoms with van der Waals surface area (Å²) in [6.45, 7) is 6.93. The molecule has 1 rings (SSSR count). The summed E-state index contributed by atoms with van der Waals surface area (Å²) >= 11 is 6.03. The Bertz CT molecular complexity index is 384.